The van der Waals surface area contributed by atoms with E-state index in [4.69, 9.17) is 10.6 Å². The van der Waals surface area contributed by atoms with E-state index >= 15 is 0 Å². The van der Waals surface area contributed by atoms with E-state index < -0.39 is 17.7 Å². The molecule has 168 valence electrons. The van der Waals surface area contributed by atoms with Crippen LogP contribution in [0.3, 0.4) is 0 Å². The molecule has 10 atom stereocenters. The average molecular weight is 420 g/mol. The number of hydrogen-bond donors (Lipinski definition) is 3. The molecular formula is C23H37N3O4. The number of aliphatic carboxylic acids is 1. The third-order valence-electron chi connectivity index (χ3n) is 9.90. The molecule has 7 nitrogen and oxygen atoms in total. The van der Waals surface area contributed by atoms with Gasteiger partial charge in [-0.05, 0) is 104 Å². The monoisotopic (exact) mass is 419 g/mol. The zero-order valence-electron chi connectivity index (χ0n) is 18.3. The summed E-state index contributed by atoms with van der Waals surface area (Å²) in [4.78, 5) is 14.0. The number of carbonyl (C=O) groups is 1. The molecule has 0 saturated heterocycles. The van der Waals surface area contributed by atoms with E-state index in [1.807, 2.05) is 0 Å². The first-order valence-electron chi connectivity index (χ1n) is 11.9. The third kappa shape index (κ3) is 3.43. The molecule has 0 aliphatic heterocycles. The second-order valence-corrected chi connectivity index (χ2v) is 11.1. The molecule has 4 aliphatic rings. The molecule has 3 N–H and O–H groups in total. The molecule has 4 rings (SSSR count). The number of hydrogen-bond acceptors (Lipinski definition) is 4. The molecule has 4 aliphatic carbocycles. The molecule has 7 heteroatoms. The van der Waals surface area contributed by atoms with Gasteiger partial charge in [0, 0.05) is 17.4 Å². The number of carboxylic acid groups (broad SMARTS) is 1. The van der Waals surface area contributed by atoms with E-state index in [0.717, 1.165) is 51.4 Å². The van der Waals surface area contributed by atoms with Gasteiger partial charge < -0.3 is 15.3 Å². The van der Waals surface area contributed by atoms with Gasteiger partial charge in [0.2, 0.25) is 0 Å². The normalized spacial score (nSPS) is 48.6. The predicted octanol–water partition coefficient (Wildman–Crippen LogP) is 4.52. The molecule has 0 aromatic heterocycles. The highest BCUT2D eigenvalue weighted by molar-refractivity contribution is 5.66. The van der Waals surface area contributed by atoms with Crippen LogP contribution in [0.1, 0.15) is 78.1 Å². The second kappa shape index (κ2) is 7.99. The summed E-state index contributed by atoms with van der Waals surface area (Å²) in [5.74, 6) is 0.531. The average Bonchev–Trinajstić information content (AvgIpc) is 3.04. The summed E-state index contributed by atoms with van der Waals surface area (Å²) in [5.41, 5.74) is 8.20. The lowest BCUT2D eigenvalue weighted by Crippen LogP contribution is -2.61. The summed E-state index contributed by atoms with van der Waals surface area (Å²) in [7, 11) is 0. The molecule has 0 amide bonds. The molecule has 0 spiro atoms. The Labute approximate surface area is 178 Å². The number of rotatable bonds is 5. The van der Waals surface area contributed by atoms with Gasteiger partial charge in [-0.1, -0.05) is 19.0 Å². The Morgan fingerprint density at radius 2 is 1.97 bits per heavy atom. The molecule has 30 heavy (non-hydrogen) atoms. The number of fused-ring (bicyclic) bond motifs is 5. The molecule has 6 unspecified atom stereocenters. The summed E-state index contributed by atoms with van der Waals surface area (Å²) in [5, 5.41) is 36.1. The first kappa shape index (κ1) is 21.9. The smallest absolute Gasteiger partial charge is 0.303 e. The van der Waals surface area contributed by atoms with Crippen LogP contribution in [0, 0.1) is 40.9 Å². The Balaban J connectivity index is 1.54. The van der Waals surface area contributed by atoms with E-state index in [2.05, 4.69) is 23.9 Å². The Morgan fingerprint density at radius 1 is 1.20 bits per heavy atom. The Hall–Kier alpha value is -1.30. The van der Waals surface area contributed by atoms with E-state index in [1.165, 1.54) is 0 Å². The molecule has 0 aromatic carbocycles. The minimum atomic E-state index is -0.773. The van der Waals surface area contributed by atoms with Gasteiger partial charge in [0.25, 0.3) is 0 Å². The van der Waals surface area contributed by atoms with Gasteiger partial charge in [-0.2, -0.15) is 0 Å². The SMILES string of the molecule is CC(CCC(=O)O)[C@H]1CCC2C3C(CCC21O)[C@@]1(C)CC[C@@H](N=[N+]=[N-])CC1C[C@H]3O. The summed E-state index contributed by atoms with van der Waals surface area (Å²) >= 11 is 0. The number of aliphatic hydroxyl groups is 2. The van der Waals surface area contributed by atoms with E-state index in [9.17, 15) is 15.0 Å². The molecule has 4 fully saturated rings. The first-order valence-corrected chi connectivity index (χ1v) is 11.9. The quantitative estimate of drug-likeness (QED) is 0.344. The fourth-order valence-electron chi connectivity index (χ4n) is 8.40. The maximum Gasteiger partial charge on any atom is 0.303 e. The fourth-order valence-corrected chi connectivity index (χ4v) is 8.40. The van der Waals surface area contributed by atoms with Crippen molar-refractivity contribution in [2.75, 3.05) is 0 Å². The van der Waals surface area contributed by atoms with Crippen LogP contribution in [0.25, 0.3) is 10.4 Å². The van der Waals surface area contributed by atoms with Crippen LogP contribution >= 0.6 is 0 Å². The van der Waals surface area contributed by atoms with Crippen LogP contribution in [0.15, 0.2) is 5.11 Å². The van der Waals surface area contributed by atoms with Crippen molar-refractivity contribution in [1.82, 2.24) is 0 Å². The number of aliphatic hydroxyl groups excluding tert-OH is 1. The van der Waals surface area contributed by atoms with Crippen molar-refractivity contribution in [2.24, 2.45) is 46.0 Å². The first-order chi connectivity index (χ1) is 14.2. The van der Waals surface area contributed by atoms with Gasteiger partial charge in [0.15, 0.2) is 0 Å². The van der Waals surface area contributed by atoms with Crippen LogP contribution in [-0.2, 0) is 4.79 Å². The van der Waals surface area contributed by atoms with Crippen molar-refractivity contribution in [3.8, 4) is 0 Å². The summed E-state index contributed by atoms with van der Waals surface area (Å²) in [6.45, 7) is 4.46. The lowest BCUT2D eigenvalue weighted by Gasteiger charge is -2.62. The maximum absolute atomic E-state index is 11.8. The van der Waals surface area contributed by atoms with Gasteiger partial charge in [-0.15, -0.1) is 0 Å². The van der Waals surface area contributed by atoms with Crippen LogP contribution < -0.4 is 0 Å². The van der Waals surface area contributed by atoms with Crippen molar-refractivity contribution in [3.05, 3.63) is 10.4 Å². The summed E-state index contributed by atoms with van der Waals surface area (Å²) in [6.07, 6.45) is 7.43. The van der Waals surface area contributed by atoms with Gasteiger partial charge in [-0.3, -0.25) is 4.79 Å². The predicted molar refractivity (Wildman–Crippen MR) is 112 cm³/mol. The standard InChI is InChI=1S/C23H37N3O4/c1-13(3-6-20(28)29)16-4-5-18-21-17(8-10-23(16,18)30)22(2)9-7-15(25-26-24)11-14(22)12-19(21)27/h13-19,21,27,30H,3-12H2,1-2H3,(H,28,29)/t13?,14?,15-,16-,17?,18?,19-,21?,22+,23?/m1/s1. The van der Waals surface area contributed by atoms with Crippen molar-refractivity contribution in [2.45, 2.75) is 95.8 Å². The Morgan fingerprint density at radius 3 is 2.67 bits per heavy atom. The zero-order chi connectivity index (χ0) is 21.7. The number of azide groups is 1. The molecule has 4 saturated carbocycles. The van der Waals surface area contributed by atoms with Crippen LogP contribution in [0.4, 0.5) is 0 Å². The molecule has 0 bridgehead atoms. The lowest BCUT2D eigenvalue weighted by atomic mass is 9.45. The minimum absolute atomic E-state index is 0.0447. The van der Waals surface area contributed by atoms with E-state index in [-0.39, 0.29) is 41.5 Å². The maximum atomic E-state index is 11.8. The summed E-state index contributed by atoms with van der Waals surface area (Å²) < 4.78 is 0. The number of nitrogens with zero attached hydrogens (tertiary/aromatic N) is 3. The van der Waals surface area contributed by atoms with E-state index in [0.29, 0.717) is 18.3 Å². The highest BCUT2D eigenvalue weighted by atomic mass is 16.4. The van der Waals surface area contributed by atoms with Crippen molar-refractivity contribution < 1.29 is 20.1 Å². The number of carboxylic acids is 1. The molecular weight excluding hydrogens is 382 g/mol. The largest absolute Gasteiger partial charge is 0.481 e. The van der Waals surface area contributed by atoms with E-state index in [1.54, 1.807) is 0 Å². The fraction of sp³-hybridized carbons (Fsp3) is 0.957. The van der Waals surface area contributed by atoms with Gasteiger partial charge in [0.05, 0.1) is 11.7 Å². The molecule has 0 aromatic rings. The van der Waals surface area contributed by atoms with Crippen LogP contribution in [0.2, 0.25) is 0 Å². The Kier molecular flexibility index (Phi) is 5.84. The summed E-state index contributed by atoms with van der Waals surface area (Å²) in [6, 6.07) is 0.0447. The van der Waals surface area contributed by atoms with Crippen LogP contribution in [-0.4, -0.2) is 39.0 Å². The highest BCUT2D eigenvalue weighted by Gasteiger charge is 2.64. The van der Waals surface area contributed by atoms with Crippen molar-refractivity contribution >= 4 is 5.97 Å². The topological polar surface area (TPSA) is 127 Å². The van der Waals surface area contributed by atoms with Gasteiger partial charge in [0.1, 0.15) is 0 Å². The van der Waals surface area contributed by atoms with Crippen LogP contribution in [0.5, 0.6) is 0 Å². The highest BCUT2D eigenvalue weighted by Crippen LogP contribution is 2.65. The molecule has 0 heterocycles. The Bertz CT molecular complexity index is 725. The van der Waals surface area contributed by atoms with Crippen molar-refractivity contribution in [1.29, 1.82) is 0 Å². The molecule has 0 radical (unpaired) electrons. The zero-order valence-corrected chi connectivity index (χ0v) is 18.3. The van der Waals surface area contributed by atoms with Crippen molar-refractivity contribution in [3.63, 3.8) is 0 Å². The van der Waals surface area contributed by atoms with Gasteiger partial charge in [-0.25, -0.2) is 0 Å². The second-order valence-electron chi connectivity index (χ2n) is 11.1. The minimum Gasteiger partial charge on any atom is -0.481 e. The lowest BCUT2D eigenvalue weighted by molar-refractivity contribution is -0.195. The van der Waals surface area contributed by atoms with Gasteiger partial charge >= 0.3 is 5.97 Å². The third-order valence-corrected chi connectivity index (χ3v) is 9.90.